The Bertz CT molecular complexity index is 1150. The van der Waals surface area contributed by atoms with Crippen LogP contribution in [0.5, 0.6) is 0 Å². The molecule has 0 aromatic carbocycles. The highest BCUT2D eigenvalue weighted by molar-refractivity contribution is 8.00. The zero-order valence-electron chi connectivity index (χ0n) is 24.4. The lowest BCUT2D eigenvalue weighted by atomic mass is 10.0. The number of aliphatic hydroxyl groups excluding tert-OH is 1. The number of primary amides is 1. The number of carbonyl (C=O) groups is 4. The molecule has 3 fully saturated rings. The minimum absolute atomic E-state index is 0.0301. The van der Waals surface area contributed by atoms with E-state index in [0.29, 0.717) is 31.4 Å². The highest BCUT2D eigenvalue weighted by atomic mass is 32.2. The molecule has 232 valence electrons. The summed E-state index contributed by atoms with van der Waals surface area (Å²) < 4.78 is 30.7. The standard InChI is InChI=1S/C27H44N4O8S2/c1-26(2,3)39-25(36)29-21(24(35)31-15-17(32)14-20(31)22(28)33)27(4,5)40-12-8-6-7-9-16-13-19(16)23(34)30-41(37,38)18-10-11-18/h7,9,16-21,32H,6,8,10-15H2,1-5H3,(H2,28,33)(H,29,36)(H,30,34)/b9-7-/t16-,17-,19+,20+,21-/m1/s1. The Morgan fingerprint density at radius 1 is 1.15 bits per heavy atom. The van der Waals surface area contributed by atoms with Gasteiger partial charge in [-0.05, 0) is 78.4 Å². The number of thioether (sulfide) groups is 1. The number of unbranched alkanes of at least 4 members (excludes halogenated alkanes) is 1. The number of carbonyl (C=O) groups excluding carboxylic acids is 4. The number of nitrogens with zero attached hydrogens (tertiary/aromatic N) is 1. The van der Waals surface area contributed by atoms with Gasteiger partial charge in [-0.1, -0.05) is 12.2 Å². The van der Waals surface area contributed by atoms with Gasteiger partial charge < -0.3 is 25.8 Å². The first-order valence-electron chi connectivity index (χ1n) is 14.0. The molecule has 12 nitrogen and oxygen atoms in total. The van der Waals surface area contributed by atoms with Gasteiger partial charge in [0.15, 0.2) is 0 Å². The number of amides is 4. The largest absolute Gasteiger partial charge is 0.444 e. The summed E-state index contributed by atoms with van der Waals surface area (Å²) in [5.41, 5.74) is 4.70. The third-order valence-electron chi connectivity index (χ3n) is 7.25. The fourth-order valence-corrected chi connectivity index (χ4v) is 7.27. The highest BCUT2D eigenvalue weighted by Crippen LogP contribution is 2.40. The van der Waals surface area contributed by atoms with Crippen LogP contribution in [0.3, 0.4) is 0 Å². The first-order chi connectivity index (χ1) is 18.9. The van der Waals surface area contributed by atoms with E-state index in [0.717, 1.165) is 6.42 Å². The summed E-state index contributed by atoms with van der Waals surface area (Å²) in [6.07, 6.45) is 5.62. The molecule has 3 rings (SSSR count). The van der Waals surface area contributed by atoms with Crippen molar-refractivity contribution in [3.05, 3.63) is 12.2 Å². The van der Waals surface area contributed by atoms with Gasteiger partial charge in [-0.25, -0.2) is 13.2 Å². The zero-order valence-corrected chi connectivity index (χ0v) is 26.1. The van der Waals surface area contributed by atoms with Gasteiger partial charge in [0.25, 0.3) is 0 Å². The molecule has 5 atom stereocenters. The number of hydrogen-bond donors (Lipinski definition) is 4. The van der Waals surface area contributed by atoms with E-state index < -0.39 is 67.6 Å². The fraction of sp³-hybridized carbons (Fsp3) is 0.778. The molecule has 1 saturated heterocycles. The quantitative estimate of drug-likeness (QED) is 0.175. The second-order valence-electron chi connectivity index (χ2n) is 12.6. The molecule has 3 aliphatic rings. The molecule has 0 radical (unpaired) electrons. The van der Waals surface area contributed by atoms with Gasteiger partial charge in [-0.15, -0.1) is 0 Å². The summed E-state index contributed by atoms with van der Waals surface area (Å²) in [6, 6.07) is -2.02. The maximum Gasteiger partial charge on any atom is 0.408 e. The molecule has 0 spiro atoms. The predicted octanol–water partition coefficient (Wildman–Crippen LogP) is 1.42. The zero-order chi connectivity index (χ0) is 30.8. The van der Waals surface area contributed by atoms with Crippen LogP contribution in [0.2, 0.25) is 0 Å². The van der Waals surface area contributed by atoms with E-state index in [1.165, 1.54) is 16.7 Å². The van der Waals surface area contributed by atoms with Crippen molar-refractivity contribution in [3.8, 4) is 0 Å². The Hall–Kier alpha value is -2.32. The maximum atomic E-state index is 13.6. The van der Waals surface area contributed by atoms with Crippen molar-refractivity contribution in [2.45, 2.75) is 107 Å². The van der Waals surface area contributed by atoms with Crippen LogP contribution in [-0.4, -0.2) is 88.3 Å². The first-order valence-corrected chi connectivity index (χ1v) is 16.6. The van der Waals surface area contributed by atoms with Crippen LogP contribution in [0.15, 0.2) is 12.2 Å². The minimum atomic E-state index is -3.53. The number of nitrogens with one attached hydrogen (secondary N) is 2. The SMILES string of the molecule is CC(C)(C)OC(=O)N[C@H](C(=O)N1C[C@H](O)C[C@H]1C(N)=O)C(C)(C)SCCC/C=C\[C@@H]1C[C@@H]1C(=O)NS(=O)(=O)C1CC1. The summed E-state index contributed by atoms with van der Waals surface area (Å²) >= 11 is 1.48. The van der Waals surface area contributed by atoms with E-state index in [2.05, 4.69) is 10.0 Å². The van der Waals surface area contributed by atoms with Crippen molar-refractivity contribution < 1.29 is 37.4 Å². The van der Waals surface area contributed by atoms with Gasteiger partial charge in [0.2, 0.25) is 27.7 Å². The summed E-state index contributed by atoms with van der Waals surface area (Å²) in [5, 5.41) is 12.4. The number of likely N-dealkylation sites (tertiary alicyclic amines) is 1. The van der Waals surface area contributed by atoms with E-state index in [1.54, 1.807) is 20.8 Å². The Morgan fingerprint density at radius 2 is 1.80 bits per heavy atom. The number of aliphatic hydroxyl groups is 1. The topological polar surface area (TPSA) is 185 Å². The number of allylic oxidation sites excluding steroid dienone is 2. The number of rotatable bonds is 13. The summed E-state index contributed by atoms with van der Waals surface area (Å²) in [5.74, 6) is -1.30. The van der Waals surface area contributed by atoms with Crippen LogP contribution >= 0.6 is 11.8 Å². The molecular weight excluding hydrogens is 572 g/mol. The molecule has 2 saturated carbocycles. The second kappa shape index (κ2) is 12.9. The smallest absolute Gasteiger partial charge is 0.408 e. The Balaban J connectivity index is 1.53. The van der Waals surface area contributed by atoms with Crippen LogP contribution in [0, 0.1) is 11.8 Å². The molecule has 0 bridgehead atoms. The average Bonchev–Trinajstić information content (AvgIpc) is 3.75. The number of hydrogen-bond acceptors (Lipinski definition) is 9. The van der Waals surface area contributed by atoms with Gasteiger partial charge in [-0.3, -0.25) is 19.1 Å². The van der Waals surface area contributed by atoms with Crippen molar-refractivity contribution in [1.82, 2.24) is 14.9 Å². The van der Waals surface area contributed by atoms with E-state index in [4.69, 9.17) is 10.5 Å². The third kappa shape index (κ3) is 9.60. The van der Waals surface area contributed by atoms with Crippen LogP contribution in [0.4, 0.5) is 4.79 Å². The molecule has 1 aliphatic heterocycles. The first kappa shape index (κ1) is 33.2. The van der Waals surface area contributed by atoms with Crippen molar-refractivity contribution in [3.63, 3.8) is 0 Å². The van der Waals surface area contributed by atoms with Crippen LogP contribution < -0.4 is 15.8 Å². The van der Waals surface area contributed by atoms with Crippen LogP contribution in [0.25, 0.3) is 0 Å². The maximum absolute atomic E-state index is 13.6. The molecule has 0 aromatic rings. The molecule has 41 heavy (non-hydrogen) atoms. The number of β-amino-alcohol motifs (C(OH)–C–C–N with tert-alkyl or cyclic N) is 1. The van der Waals surface area contributed by atoms with Gasteiger partial charge in [0.05, 0.1) is 11.4 Å². The molecule has 0 unspecified atom stereocenters. The molecule has 5 N–H and O–H groups in total. The van der Waals surface area contributed by atoms with Gasteiger partial charge in [0, 0.05) is 23.6 Å². The number of nitrogens with two attached hydrogens (primary N) is 1. The molecule has 0 aromatic heterocycles. The normalized spacial score (nSPS) is 25.6. The molecule has 1 heterocycles. The Morgan fingerprint density at radius 3 is 2.39 bits per heavy atom. The van der Waals surface area contributed by atoms with Gasteiger partial charge in [0.1, 0.15) is 17.7 Å². The summed E-state index contributed by atoms with van der Waals surface area (Å²) in [7, 11) is -3.53. The molecular formula is C27H44N4O8S2. The van der Waals surface area contributed by atoms with Gasteiger partial charge in [-0.2, -0.15) is 11.8 Å². The van der Waals surface area contributed by atoms with Crippen molar-refractivity contribution in [1.29, 1.82) is 0 Å². The fourth-order valence-electron chi connectivity index (χ4n) is 4.75. The predicted molar refractivity (Wildman–Crippen MR) is 155 cm³/mol. The van der Waals surface area contributed by atoms with Crippen LogP contribution in [0.1, 0.15) is 73.1 Å². The monoisotopic (exact) mass is 616 g/mol. The number of ether oxygens (including phenoxy) is 1. The summed E-state index contributed by atoms with van der Waals surface area (Å²) in [4.78, 5) is 51.7. The molecule has 2 aliphatic carbocycles. The van der Waals surface area contributed by atoms with Gasteiger partial charge >= 0.3 is 6.09 Å². The molecule has 14 heteroatoms. The molecule has 4 amide bonds. The third-order valence-corrected chi connectivity index (χ3v) is 10.6. The Kier molecular flexibility index (Phi) is 10.4. The van der Waals surface area contributed by atoms with E-state index in [9.17, 15) is 32.7 Å². The van der Waals surface area contributed by atoms with Crippen LogP contribution in [-0.2, 0) is 29.1 Å². The highest BCUT2D eigenvalue weighted by Gasteiger charge is 2.47. The van der Waals surface area contributed by atoms with Crippen molar-refractivity contribution >= 4 is 45.6 Å². The average molecular weight is 617 g/mol. The second-order valence-corrected chi connectivity index (χ2v) is 16.3. The number of alkyl carbamates (subject to hydrolysis) is 1. The van der Waals surface area contributed by atoms with Crippen molar-refractivity contribution in [2.75, 3.05) is 12.3 Å². The lowest BCUT2D eigenvalue weighted by Crippen LogP contribution is -2.60. The summed E-state index contributed by atoms with van der Waals surface area (Å²) in [6.45, 7) is 8.72. The lowest BCUT2D eigenvalue weighted by Gasteiger charge is -2.37. The van der Waals surface area contributed by atoms with E-state index in [1.807, 2.05) is 26.0 Å². The Labute approximate surface area is 246 Å². The van der Waals surface area contributed by atoms with E-state index in [-0.39, 0.29) is 24.8 Å². The van der Waals surface area contributed by atoms with E-state index >= 15 is 0 Å². The number of sulfonamides is 1. The van der Waals surface area contributed by atoms with Crippen molar-refractivity contribution in [2.24, 2.45) is 17.6 Å². The lowest BCUT2D eigenvalue weighted by molar-refractivity contribution is -0.139. The minimum Gasteiger partial charge on any atom is -0.444 e.